The molecule has 0 aromatic heterocycles. The van der Waals surface area contributed by atoms with E-state index in [-0.39, 0.29) is 0 Å². The molecule has 1 atom stereocenters. The Balaban J connectivity index is 2.74. The highest BCUT2D eigenvalue weighted by molar-refractivity contribution is 7.66. The van der Waals surface area contributed by atoms with Crippen LogP contribution in [0.15, 0.2) is 24.3 Å². The lowest BCUT2D eigenvalue weighted by Crippen LogP contribution is -2.11. The predicted octanol–water partition coefficient (Wildman–Crippen LogP) is 3.10. The molecule has 0 heterocycles. The largest absolute Gasteiger partial charge is 0.378 e. The number of hydrogen-bond acceptors (Lipinski definition) is 3. The molecular formula is C13H22NO2P. The molecule has 0 fully saturated rings. The van der Waals surface area contributed by atoms with Crippen molar-refractivity contribution in [2.75, 3.05) is 32.3 Å². The van der Waals surface area contributed by atoms with Crippen LogP contribution in [0.3, 0.4) is 0 Å². The zero-order valence-electron chi connectivity index (χ0n) is 11.1. The van der Waals surface area contributed by atoms with Crippen LogP contribution < -0.4 is 10.2 Å². The van der Waals surface area contributed by atoms with Gasteiger partial charge in [-0.25, -0.2) is 0 Å². The summed E-state index contributed by atoms with van der Waals surface area (Å²) in [6, 6.07) is 7.72. The summed E-state index contributed by atoms with van der Waals surface area (Å²) in [5, 5.41) is 0.791. The first-order valence-corrected chi connectivity index (χ1v) is 8.04. The minimum atomic E-state index is -2.64. The smallest absolute Gasteiger partial charge is 0.229 e. The first-order chi connectivity index (χ1) is 7.97. The summed E-state index contributed by atoms with van der Waals surface area (Å²) in [7, 11) is 1.33. The average molecular weight is 255 g/mol. The van der Waals surface area contributed by atoms with E-state index in [2.05, 4.69) is 6.92 Å². The minimum Gasteiger partial charge on any atom is -0.378 e. The normalized spacial score (nSPS) is 14.4. The van der Waals surface area contributed by atoms with Gasteiger partial charge in [-0.1, -0.05) is 13.3 Å². The molecule has 0 saturated carbocycles. The van der Waals surface area contributed by atoms with Gasteiger partial charge in [0.15, 0.2) is 0 Å². The van der Waals surface area contributed by atoms with Crippen molar-refractivity contribution in [3.63, 3.8) is 0 Å². The van der Waals surface area contributed by atoms with Crippen molar-refractivity contribution in [2.24, 2.45) is 0 Å². The Hall–Kier alpha value is -0.790. The molecule has 0 bridgehead atoms. The molecule has 0 N–H and O–H groups in total. The van der Waals surface area contributed by atoms with E-state index in [1.165, 1.54) is 0 Å². The molecule has 0 aliphatic heterocycles. The summed E-state index contributed by atoms with van der Waals surface area (Å²) in [4.78, 5) is 2.02. The summed E-state index contributed by atoms with van der Waals surface area (Å²) >= 11 is 0. The maximum Gasteiger partial charge on any atom is 0.229 e. The fourth-order valence-corrected chi connectivity index (χ4v) is 2.80. The summed E-state index contributed by atoms with van der Waals surface area (Å²) in [5.41, 5.74) is 1.10. The molecule has 17 heavy (non-hydrogen) atoms. The third-order valence-electron chi connectivity index (χ3n) is 2.67. The van der Waals surface area contributed by atoms with E-state index in [1.54, 1.807) is 6.66 Å². The van der Waals surface area contributed by atoms with Crippen LogP contribution in [0.5, 0.6) is 0 Å². The van der Waals surface area contributed by atoms with Crippen molar-refractivity contribution in [1.29, 1.82) is 0 Å². The lowest BCUT2D eigenvalue weighted by atomic mass is 10.3. The highest BCUT2D eigenvalue weighted by Crippen LogP contribution is 2.41. The van der Waals surface area contributed by atoms with Gasteiger partial charge >= 0.3 is 0 Å². The number of unbranched alkanes of at least 4 members (excludes halogenated alkanes) is 1. The van der Waals surface area contributed by atoms with Crippen LogP contribution in [0.1, 0.15) is 19.8 Å². The van der Waals surface area contributed by atoms with E-state index in [0.29, 0.717) is 6.61 Å². The van der Waals surface area contributed by atoms with Crippen LogP contribution in [0.25, 0.3) is 0 Å². The van der Waals surface area contributed by atoms with Gasteiger partial charge in [0, 0.05) is 31.8 Å². The first kappa shape index (κ1) is 14.3. The van der Waals surface area contributed by atoms with Gasteiger partial charge in [-0.05, 0) is 30.7 Å². The van der Waals surface area contributed by atoms with Gasteiger partial charge < -0.3 is 9.42 Å². The summed E-state index contributed by atoms with van der Waals surface area (Å²) in [5.74, 6) is 0. The van der Waals surface area contributed by atoms with Crippen LogP contribution in [0.2, 0.25) is 0 Å². The Labute approximate surface area is 104 Å². The predicted molar refractivity (Wildman–Crippen MR) is 74.8 cm³/mol. The number of rotatable bonds is 6. The van der Waals surface area contributed by atoms with Gasteiger partial charge in [0.25, 0.3) is 0 Å². The average Bonchev–Trinajstić information content (AvgIpc) is 2.29. The van der Waals surface area contributed by atoms with E-state index < -0.39 is 7.37 Å². The quantitative estimate of drug-likeness (QED) is 0.578. The Morgan fingerprint density at radius 3 is 2.29 bits per heavy atom. The van der Waals surface area contributed by atoms with Crippen molar-refractivity contribution in [3.8, 4) is 0 Å². The second kappa shape index (κ2) is 6.23. The highest BCUT2D eigenvalue weighted by atomic mass is 31.2. The van der Waals surface area contributed by atoms with Crippen molar-refractivity contribution in [2.45, 2.75) is 19.8 Å². The monoisotopic (exact) mass is 255 g/mol. The van der Waals surface area contributed by atoms with Gasteiger partial charge in [-0.3, -0.25) is 4.57 Å². The SMILES string of the molecule is CCCCOP(C)(=O)c1ccc(N(C)C)cc1. The summed E-state index contributed by atoms with van der Waals surface area (Å²) in [6.45, 7) is 4.35. The molecule has 1 aromatic carbocycles. The second-order valence-corrected chi connectivity index (χ2v) is 6.91. The molecule has 1 rings (SSSR count). The second-order valence-electron chi connectivity index (χ2n) is 4.44. The molecule has 0 saturated heterocycles. The van der Waals surface area contributed by atoms with E-state index in [0.717, 1.165) is 23.8 Å². The maximum absolute atomic E-state index is 12.3. The highest BCUT2D eigenvalue weighted by Gasteiger charge is 2.18. The topological polar surface area (TPSA) is 29.5 Å². The number of anilines is 1. The molecule has 0 spiro atoms. The molecule has 0 radical (unpaired) electrons. The molecular weight excluding hydrogens is 233 g/mol. The first-order valence-electron chi connectivity index (χ1n) is 5.97. The molecule has 0 aliphatic rings. The summed E-state index contributed by atoms with van der Waals surface area (Å²) < 4.78 is 17.8. The van der Waals surface area contributed by atoms with Crippen molar-refractivity contribution >= 4 is 18.4 Å². The summed E-state index contributed by atoms with van der Waals surface area (Å²) in [6.07, 6.45) is 2.01. The van der Waals surface area contributed by atoms with E-state index >= 15 is 0 Å². The molecule has 3 nitrogen and oxygen atoms in total. The third-order valence-corrected chi connectivity index (χ3v) is 4.58. The van der Waals surface area contributed by atoms with Crippen molar-refractivity contribution < 1.29 is 9.09 Å². The molecule has 1 aromatic rings. The van der Waals surface area contributed by atoms with Crippen molar-refractivity contribution in [1.82, 2.24) is 0 Å². The van der Waals surface area contributed by atoms with Gasteiger partial charge in [-0.15, -0.1) is 0 Å². The lowest BCUT2D eigenvalue weighted by molar-refractivity contribution is 0.316. The minimum absolute atomic E-state index is 0.569. The van der Waals surface area contributed by atoms with Gasteiger partial charge in [-0.2, -0.15) is 0 Å². The Morgan fingerprint density at radius 2 is 1.82 bits per heavy atom. The van der Waals surface area contributed by atoms with Gasteiger partial charge in [0.05, 0.1) is 6.61 Å². The van der Waals surface area contributed by atoms with Gasteiger partial charge in [0.1, 0.15) is 0 Å². The fraction of sp³-hybridized carbons (Fsp3) is 0.538. The maximum atomic E-state index is 12.3. The lowest BCUT2D eigenvalue weighted by Gasteiger charge is -2.16. The van der Waals surface area contributed by atoms with Crippen LogP contribution in [-0.2, 0) is 9.09 Å². The Morgan fingerprint density at radius 1 is 1.24 bits per heavy atom. The molecule has 1 unspecified atom stereocenters. The van der Waals surface area contributed by atoms with E-state index in [1.807, 2.05) is 43.3 Å². The Bertz CT molecular complexity index is 387. The molecule has 0 amide bonds. The number of nitrogens with zero attached hydrogens (tertiary/aromatic N) is 1. The standard InChI is InChI=1S/C13H22NO2P/c1-5-6-11-16-17(4,15)13-9-7-12(8-10-13)14(2)3/h7-10H,5-6,11H2,1-4H3. The van der Waals surface area contributed by atoms with Crippen LogP contribution in [0.4, 0.5) is 5.69 Å². The van der Waals surface area contributed by atoms with E-state index in [9.17, 15) is 4.57 Å². The van der Waals surface area contributed by atoms with Gasteiger partial charge in [0.2, 0.25) is 7.37 Å². The van der Waals surface area contributed by atoms with Crippen molar-refractivity contribution in [3.05, 3.63) is 24.3 Å². The van der Waals surface area contributed by atoms with E-state index in [4.69, 9.17) is 4.52 Å². The van der Waals surface area contributed by atoms with Crippen LogP contribution in [-0.4, -0.2) is 27.4 Å². The number of hydrogen-bond donors (Lipinski definition) is 0. The van der Waals surface area contributed by atoms with Crippen LogP contribution in [0, 0.1) is 0 Å². The van der Waals surface area contributed by atoms with Crippen LogP contribution >= 0.6 is 7.37 Å². The Kier molecular flexibility index (Phi) is 5.23. The number of benzene rings is 1. The molecule has 0 aliphatic carbocycles. The third kappa shape index (κ3) is 4.18. The zero-order chi connectivity index (χ0) is 12.9. The molecule has 4 heteroatoms. The zero-order valence-corrected chi connectivity index (χ0v) is 12.0. The molecule has 96 valence electrons. The fourth-order valence-electron chi connectivity index (χ4n) is 1.48.